The Morgan fingerprint density at radius 1 is 0.956 bits per heavy atom. The van der Waals surface area contributed by atoms with Gasteiger partial charge in [0.2, 0.25) is 23.6 Å². The number of rotatable bonds is 12. The summed E-state index contributed by atoms with van der Waals surface area (Å²) in [6, 6.07) is 4.20. The van der Waals surface area contributed by atoms with Crippen LogP contribution >= 0.6 is 0 Å². The van der Waals surface area contributed by atoms with Crippen molar-refractivity contribution in [3.63, 3.8) is 0 Å². The lowest BCUT2D eigenvalue weighted by Crippen LogP contribution is -2.64. The van der Waals surface area contributed by atoms with E-state index < -0.39 is 36.0 Å². The second-order valence-electron chi connectivity index (χ2n) is 12.4. The molecule has 0 aliphatic carbocycles. The van der Waals surface area contributed by atoms with Crippen molar-refractivity contribution in [3.8, 4) is 0 Å². The van der Waals surface area contributed by atoms with Gasteiger partial charge in [0, 0.05) is 37.4 Å². The van der Waals surface area contributed by atoms with Gasteiger partial charge in [-0.05, 0) is 49.7 Å². The van der Waals surface area contributed by atoms with Crippen LogP contribution in [0.2, 0.25) is 0 Å². The molecule has 2 saturated heterocycles. The molecule has 11 heteroatoms. The van der Waals surface area contributed by atoms with Crippen LogP contribution in [0.4, 0.5) is 0 Å². The molecule has 4 amide bonds. The van der Waals surface area contributed by atoms with E-state index in [-0.39, 0.29) is 29.9 Å². The molecule has 2 aromatic rings. The molecular weight excluding hydrogens is 574 g/mol. The van der Waals surface area contributed by atoms with Crippen LogP contribution in [0, 0.1) is 5.92 Å². The van der Waals surface area contributed by atoms with E-state index >= 15 is 0 Å². The maximum atomic E-state index is 14.0. The lowest BCUT2D eigenvalue weighted by molar-refractivity contribution is -0.147. The topological polar surface area (TPSA) is 139 Å². The third kappa shape index (κ3) is 8.23. The van der Waals surface area contributed by atoms with E-state index in [2.05, 4.69) is 16.0 Å². The number of carbonyl (C=O) groups excluding carboxylic acids is 5. The Bertz CT molecular complexity index is 1370. The van der Waals surface area contributed by atoms with E-state index in [0.717, 1.165) is 35.7 Å². The average Bonchev–Trinajstić information content (AvgIpc) is 3.41. The lowest BCUT2D eigenvalue weighted by Gasteiger charge is -2.39. The van der Waals surface area contributed by atoms with Crippen molar-refractivity contribution in [2.75, 3.05) is 13.7 Å². The molecule has 2 fully saturated rings. The molecule has 0 saturated carbocycles. The number of para-hydroxylation sites is 1. The molecule has 0 spiro atoms. The predicted octanol–water partition coefficient (Wildman–Crippen LogP) is 3.07. The Balaban J connectivity index is 1.66. The van der Waals surface area contributed by atoms with Gasteiger partial charge in [0.15, 0.2) is 0 Å². The van der Waals surface area contributed by atoms with E-state index in [9.17, 15) is 24.0 Å². The first-order valence-electron chi connectivity index (χ1n) is 16.5. The van der Waals surface area contributed by atoms with Crippen molar-refractivity contribution < 1.29 is 28.8 Å². The van der Waals surface area contributed by atoms with Gasteiger partial charge in [0.05, 0.1) is 5.52 Å². The summed E-state index contributed by atoms with van der Waals surface area (Å²) in [4.78, 5) is 74.5. The number of hydrogen-bond donors (Lipinski definition) is 3. The van der Waals surface area contributed by atoms with E-state index in [0.29, 0.717) is 51.5 Å². The molecule has 2 aliphatic heterocycles. The first-order chi connectivity index (χ1) is 21.7. The minimum atomic E-state index is -1.01. The average molecular weight is 624 g/mol. The van der Waals surface area contributed by atoms with Crippen molar-refractivity contribution >= 4 is 40.3 Å². The number of unbranched alkanes of at least 4 members (excludes halogenated alkanes) is 2. The van der Waals surface area contributed by atoms with E-state index in [1.165, 1.54) is 0 Å². The van der Waals surface area contributed by atoms with Crippen molar-refractivity contribution in [3.05, 3.63) is 36.0 Å². The highest BCUT2D eigenvalue weighted by Crippen LogP contribution is 2.24. The molecule has 5 atom stereocenters. The zero-order chi connectivity index (χ0) is 32.5. The van der Waals surface area contributed by atoms with Gasteiger partial charge >= 0.3 is 0 Å². The lowest BCUT2D eigenvalue weighted by atomic mass is 9.93. The molecule has 3 heterocycles. The van der Waals surface area contributed by atoms with Crippen LogP contribution < -0.4 is 20.8 Å². The zero-order valence-electron chi connectivity index (χ0n) is 27.1. The normalized spacial score (nSPS) is 23.7. The number of benzene rings is 1. The molecule has 45 heavy (non-hydrogen) atoms. The van der Waals surface area contributed by atoms with Gasteiger partial charge in [-0.2, -0.15) is 4.73 Å². The van der Waals surface area contributed by atoms with Crippen molar-refractivity contribution in [2.24, 2.45) is 5.92 Å². The Labute approximate surface area is 265 Å². The highest BCUT2D eigenvalue weighted by Gasteiger charge is 2.40. The summed E-state index contributed by atoms with van der Waals surface area (Å²) in [7, 11) is 1.56. The molecule has 0 radical (unpaired) electrons. The second-order valence-corrected chi connectivity index (χ2v) is 12.4. The van der Waals surface area contributed by atoms with E-state index in [1.54, 1.807) is 22.9 Å². The molecule has 3 N–H and O–H groups in total. The van der Waals surface area contributed by atoms with Gasteiger partial charge in [-0.1, -0.05) is 58.2 Å². The van der Waals surface area contributed by atoms with Gasteiger partial charge in [-0.15, -0.1) is 0 Å². The second kappa shape index (κ2) is 15.9. The highest BCUT2D eigenvalue weighted by atomic mass is 16.6. The van der Waals surface area contributed by atoms with Crippen LogP contribution in [0.3, 0.4) is 0 Å². The summed E-state index contributed by atoms with van der Waals surface area (Å²) in [6.07, 6.45) is 8.07. The molecule has 4 rings (SSSR count). The number of Topliss-reactive ketones (excluding diaryl/α,β-unsaturated/α-hetero) is 1. The first kappa shape index (κ1) is 34.0. The number of aromatic nitrogens is 1. The molecule has 0 bridgehead atoms. The van der Waals surface area contributed by atoms with Crippen LogP contribution in [-0.2, 0) is 30.4 Å². The minimum absolute atomic E-state index is 0.155. The number of nitrogens with one attached hydrogen (secondary N) is 3. The summed E-state index contributed by atoms with van der Waals surface area (Å²) in [5.41, 5.74) is 1.62. The Morgan fingerprint density at radius 2 is 1.69 bits per heavy atom. The number of hydrogen-bond acceptors (Lipinski definition) is 6. The number of amides is 4. The van der Waals surface area contributed by atoms with Crippen molar-refractivity contribution in [1.82, 2.24) is 25.6 Å². The first-order valence-corrected chi connectivity index (χ1v) is 16.5. The van der Waals surface area contributed by atoms with Gasteiger partial charge in [0.1, 0.15) is 37.1 Å². The Kier molecular flexibility index (Phi) is 12.0. The quantitative estimate of drug-likeness (QED) is 0.311. The summed E-state index contributed by atoms with van der Waals surface area (Å²) >= 11 is 0. The standard InChI is InChI=1S/C34H49N5O6/c1-5-22(3)30-34(44)38-19-13-12-18-29(38)33(43)35-26(16-9-7-8-14-24(40)6-2)31(41)36-27(32(42)37-30)20-23-21-39(45-4)28-17-11-10-15-25(23)28/h10-11,15,17,21-22,26-27,29-30H,5-9,12-14,16,18-20H2,1-4H3,(H,35,43)(H,36,41)(H,37,42)/t22-,26-,27-,29+,30+/m0/s1. The maximum Gasteiger partial charge on any atom is 0.246 e. The van der Waals surface area contributed by atoms with Crippen LogP contribution in [0.1, 0.15) is 90.5 Å². The molecule has 2 aliphatic rings. The Hall–Kier alpha value is -3.89. The smallest absolute Gasteiger partial charge is 0.246 e. The van der Waals surface area contributed by atoms with Gasteiger partial charge in [0.25, 0.3) is 0 Å². The third-order valence-corrected chi connectivity index (χ3v) is 9.36. The minimum Gasteiger partial charge on any atom is -0.417 e. The molecule has 246 valence electrons. The van der Waals surface area contributed by atoms with Crippen LogP contribution in [0.15, 0.2) is 30.5 Å². The maximum absolute atomic E-state index is 14.0. The monoisotopic (exact) mass is 623 g/mol. The largest absolute Gasteiger partial charge is 0.417 e. The van der Waals surface area contributed by atoms with Crippen molar-refractivity contribution in [1.29, 1.82) is 0 Å². The number of ketones is 1. The number of carbonyl (C=O) groups is 5. The number of piperidine rings is 1. The van der Waals surface area contributed by atoms with E-state index in [1.807, 2.05) is 45.0 Å². The number of nitrogens with zero attached hydrogens (tertiary/aromatic N) is 2. The van der Waals surface area contributed by atoms with Gasteiger partial charge in [-0.3, -0.25) is 24.0 Å². The van der Waals surface area contributed by atoms with Crippen LogP contribution in [-0.4, -0.2) is 76.9 Å². The molecule has 1 aromatic heterocycles. The fourth-order valence-electron chi connectivity index (χ4n) is 6.38. The summed E-state index contributed by atoms with van der Waals surface area (Å²) in [5, 5.41) is 9.75. The predicted molar refractivity (Wildman–Crippen MR) is 171 cm³/mol. The Morgan fingerprint density at radius 3 is 2.42 bits per heavy atom. The fraction of sp³-hybridized carbons (Fsp3) is 0.618. The van der Waals surface area contributed by atoms with E-state index in [4.69, 9.17) is 4.84 Å². The fourth-order valence-corrected chi connectivity index (χ4v) is 6.38. The van der Waals surface area contributed by atoms with Gasteiger partial charge in [-0.25, -0.2) is 0 Å². The summed E-state index contributed by atoms with van der Waals surface area (Å²) in [6.45, 7) is 6.14. The molecule has 11 nitrogen and oxygen atoms in total. The molecule has 0 unspecified atom stereocenters. The van der Waals surface area contributed by atoms with Gasteiger partial charge < -0.3 is 25.7 Å². The van der Waals surface area contributed by atoms with Crippen LogP contribution in [0.5, 0.6) is 0 Å². The molecule has 1 aromatic carbocycles. The third-order valence-electron chi connectivity index (χ3n) is 9.36. The van der Waals surface area contributed by atoms with Crippen LogP contribution in [0.25, 0.3) is 10.9 Å². The highest BCUT2D eigenvalue weighted by molar-refractivity contribution is 5.98. The number of fused-ring (bicyclic) bond motifs is 2. The summed E-state index contributed by atoms with van der Waals surface area (Å²) in [5.74, 6) is -1.50. The zero-order valence-corrected chi connectivity index (χ0v) is 27.1. The SMILES string of the molecule is CCC(=O)CCCCC[C@@H]1NC(=O)[C@H]2CCCCN2C(=O)[C@@H]([C@@H](C)CC)NC(=O)[C@H](Cc2cn(OC)c3ccccc23)NC1=O. The molecular formula is C34H49N5O6. The van der Waals surface area contributed by atoms with Crippen molar-refractivity contribution in [2.45, 2.75) is 116 Å². The summed E-state index contributed by atoms with van der Waals surface area (Å²) < 4.78 is 1.62.